The van der Waals surface area contributed by atoms with E-state index >= 15 is 0 Å². The van der Waals surface area contributed by atoms with E-state index in [1.54, 1.807) is 12.4 Å². The molecule has 5 heteroatoms. The van der Waals surface area contributed by atoms with Crippen LogP contribution in [0.1, 0.15) is 25.7 Å². The number of anilines is 1. The number of nitrogens with one attached hydrogen (secondary N) is 1. The Morgan fingerprint density at radius 3 is 2.56 bits per heavy atom. The molecule has 0 radical (unpaired) electrons. The summed E-state index contributed by atoms with van der Waals surface area (Å²) in [5.74, 6) is 0.719. The summed E-state index contributed by atoms with van der Waals surface area (Å²) in [5, 5.41) is 4.68. The molecule has 0 atom stereocenters. The van der Waals surface area contributed by atoms with Crippen molar-refractivity contribution in [2.45, 2.75) is 37.0 Å². The van der Waals surface area contributed by atoms with Gasteiger partial charge in [0.1, 0.15) is 0 Å². The Morgan fingerprint density at radius 2 is 1.94 bits per heavy atom. The second kappa shape index (κ2) is 5.73. The maximum absolute atomic E-state index is 5.96. The van der Waals surface area contributed by atoms with Crippen molar-refractivity contribution in [1.29, 1.82) is 0 Å². The molecule has 2 rings (SSSR count). The van der Waals surface area contributed by atoms with Gasteiger partial charge in [0.25, 0.3) is 0 Å². The highest BCUT2D eigenvalue weighted by Crippen LogP contribution is 2.29. The molecule has 0 aliphatic heterocycles. The number of halogens is 1. The van der Waals surface area contributed by atoms with E-state index in [1.165, 1.54) is 25.7 Å². The average molecular weight is 258 g/mol. The molecule has 1 saturated carbocycles. The molecule has 1 aromatic rings. The number of rotatable bonds is 3. The molecule has 88 valence electrons. The molecule has 1 fully saturated rings. The second-order valence-electron chi connectivity index (χ2n) is 4.05. The first kappa shape index (κ1) is 12.0. The lowest BCUT2D eigenvalue weighted by Crippen LogP contribution is -2.27. The van der Waals surface area contributed by atoms with Gasteiger partial charge in [-0.3, -0.25) is 0 Å². The monoisotopic (exact) mass is 257 g/mol. The van der Waals surface area contributed by atoms with Crippen molar-refractivity contribution in [3.63, 3.8) is 0 Å². The number of hydrogen-bond donors (Lipinski definition) is 1. The van der Waals surface area contributed by atoms with Gasteiger partial charge in [-0.05, 0) is 31.9 Å². The zero-order chi connectivity index (χ0) is 11.4. The summed E-state index contributed by atoms with van der Waals surface area (Å²) >= 11 is 7.93. The molecule has 1 N–H and O–H groups in total. The van der Waals surface area contributed by atoms with Crippen LogP contribution in [0.15, 0.2) is 12.4 Å². The molecule has 16 heavy (non-hydrogen) atoms. The van der Waals surface area contributed by atoms with Crippen molar-refractivity contribution in [2.24, 2.45) is 0 Å². The topological polar surface area (TPSA) is 37.8 Å². The summed E-state index contributed by atoms with van der Waals surface area (Å²) in [5.41, 5.74) is 0. The molecule has 3 nitrogen and oxygen atoms in total. The van der Waals surface area contributed by atoms with Gasteiger partial charge in [-0.2, -0.15) is 11.8 Å². The van der Waals surface area contributed by atoms with Gasteiger partial charge in [0.2, 0.25) is 0 Å². The van der Waals surface area contributed by atoms with Crippen molar-refractivity contribution < 1.29 is 0 Å². The van der Waals surface area contributed by atoms with Gasteiger partial charge in [0.15, 0.2) is 11.0 Å². The van der Waals surface area contributed by atoms with Crippen LogP contribution >= 0.6 is 23.4 Å². The zero-order valence-electron chi connectivity index (χ0n) is 9.32. The molecule has 1 aromatic heterocycles. The van der Waals surface area contributed by atoms with Gasteiger partial charge in [-0.15, -0.1) is 0 Å². The molecule has 0 saturated heterocycles. The van der Waals surface area contributed by atoms with Crippen molar-refractivity contribution in [3.05, 3.63) is 17.5 Å². The smallest absolute Gasteiger partial charge is 0.171 e. The van der Waals surface area contributed by atoms with Crippen LogP contribution in [-0.2, 0) is 0 Å². The van der Waals surface area contributed by atoms with Crippen molar-refractivity contribution in [3.8, 4) is 0 Å². The van der Waals surface area contributed by atoms with Crippen LogP contribution in [0.5, 0.6) is 0 Å². The molecule has 1 aliphatic carbocycles. The van der Waals surface area contributed by atoms with Gasteiger partial charge in [0, 0.05) is 23.7 Å². The first-order valence-corrected chi connectivity index (χ1v) is 7.22. The molecule has 0 aromatic carbocycles. The number of nitrogens with zero attached hydrogens (tertiary/aromatic N) is 2. The zero-order valence-corrected chi connectivity index (χ0v) is 10.9. The van der Waals surface area contributed by atoms with Gasteiger partial charge in [-0.1, -0.05) is 11.6 Å². The summed E-state index contributed by atoms with van der Waals surface area (Å²) in [4.78, 5) is 8.21. The molecular formula is C11H16ClN3S. The molecule has 0 bridgehead atoms. The molecule has 1 heterocycles. The summed E-state index contributed by atoms with van der Waals surface area (Å²) in [6, 6.07) is 0.498. The minimum atomic E-state index is 0.467. The number of hydrogen-bond acceptors (Lipinski definition) is 4. The number of thioether (sulfide) groups is 1. The minimum absolute atomic E-state index is 0.467. The van der Waals surface area contributed by atoms with Crippen LogP contribution in [-0.4, -0.2) is 27.5 Å². The highest BCUT2D eigenvalue weighted by Gasteiger charge is 2.21. The Labute approximate surface area is 105 Å². The van der Waals surface area contributed by atoms with Crippen LogP contribution in [0.4, 0.5) is 5.82 Å². The Hall–Kier alpha value is -0.480. The van der Waals surface area contributed by atoms with E-state index in [0.29, 0.717) is 11.2 Å². The predicted octanol–water partition coefficient (Wildman–Crippen LogP) is 3.22. The van der Waals surface area contributed by atoms with E-state index in [0.717, 1.165) is 11.1 Å². The van der Waals surface area contributed by atoms with E-state index < -0.39 is 0 Å². The molecule has 0 spiro atoms. The van der Waals surface area contributed by atoms with Crippen molar-refractivity contribution in [1.82, 2.24) is 9.97 Å². The summed E-state index contributed by atoms with van der Waals surface area (Å²) < 4.78 is 0. The fourth-order valence-electron chi connectivity index (χ4n) is 2.05. The van der Waals surface area contributed by atoms with Crippen LogP contribution in [0, 0.1) is 0 Å². The van der Waals surface area contributed by atoms with Crippen LogP contribution in [0.2, 0.25) is 5.15 Å². The molecule has 1 aliphatic rings. The quantitative estimate of drug-likeness (QED) is 0.902. The largest absolute Gasteiger partial charge is 0.365 e. The lowest BCUT2D eigenvalue weighted by molar-refractivity contribution is 0.472. The van der Waals surface area contributed by atoms with E-state index in [4.69, 9.17) is 11.6 Å². The van der Waals surface area contributed by atoms with E-state index in [9.17, 15) is 0 Å². The SMILES string of the molecule is CSC1CCC(Nc2nccnc2Cl)CC1. The van der Waals surface area contributed by atoms with Gasteiger partial charge >= 0.3 is 0 Å². The van der Waals surface area contributed by atoms with Crippen molar-refractivity contribution in [2.75, 3.05) is 11.6 Å². The summed E-state index contributed by atoms with van der Waals surface area (Å²) in [6.07, 6.45) is 10.4. The first-order chi connectivity index (χ1) is 7.79. The maximum atomic E-state index is 5.96. The van der Waals surface area contributed by atoms with Gasteiger partial charge in [0.05, 0.1) is 0 Å². The van der Waals surface area contributed by atoms with Crippen LogP contribution in [0.25, 0.3) is 0 Å². The molecular weight excluding hydrogens is 242 g/mol. The van der Waals surface area contributed by atoms with E-state index in [1.807, 2.05) is 11.8 Å². The Morgan fingerprint density at radius 1 is 1.25 bits per heavy atom. The molecule has 0 unspecified atom stereocenters. The third kappa shape index (κ3) is 3.01. The molecule has 0 amide bonds. The lowest BCUT2D eigenvalue weighted by atomic mass is 9.95. The van der Waals surface area contributed by atoms with E-state index in [-0.39, 0.29) is 0 Å². The standard InChI is InChI=1S/C11H16ClN3S/c1-16-9-4-2-8(3-5-9)15-11-10(12)13-6-7-14-11/h6-9H,2-5H2,1H3,(H,14,15). The Balaban J connectivity index is 1.89. The minimum Gasteiger partial charge on any atom is -0.365 e. The average Bonchev–Trinajstić information content (AvgIpc) is 2.33. The summed E-state index contributed by atoms with van der Waals surface area (Å²) in [6.45, 7) is 0. The summed E-state index contributed by atoms with van der Waals surface area (Å²) in [7, 11) is 0. The Kier molecular flexibility index (Phi) is 4.29. The van der Waals surface area contributed by atoms with Crippen LogP contribution < -0.4 is 5.32 Å². The van der Waals surface area contributed by atoms with Crippen LogP contribution in [0.3, 0.4) is 0 Å². The highest BCUT2D eigenvalue weighted by atomic mass is 35.5. The van der Waals surface area contributed by atoms with Gasteiger partial charge in [-0.25, -0.2) is 9.97 Å². The third-order valence-electron chi connectivity index (χ3n) is 3.00. The first-order valence-electron chi connectivity index (χ1n) is 5.55. The van der Waals surface area contributed by atoms with E-state index in [2.05, 4.69) is 21.5 Å². The second-order valence-corrected chi connectivity index (χ2v) is 5.55. The highest BCUT2D eigenvalue weighted by molar-refractivity contribution is 7.99. The fraction of sp³-hybridized carbons (Fsp3) is 0.636. The maximum Gasteiger partial charge on any atom is 0.171 e. The Bertz CT molecular complexity index is 340. The lowest BCUT2D eigenvalue weighted by Gasteiger charge is -2.28. The third-order valence-corrected chi connectivity index (χ3v) is 4.42. The number of aromatic nitrogens is 2. The fourth-order valence-corrected chi connectivity index (χ4v) is 2.96. The normalized spacial score (nSPS) is 25.4. The van der Waals surface area contributed by atoms with Crippen molar-refractivity contribution >= 4 is 29.2 Å². The van der Waals surface area contributed by atoms with Gasteiger partial charge < -0.3 is 5.32 Å². The predicted molar refractivity (Wildman–Crippen MR) is 70.2 cm³/mol.